The fourth-order valence-corrected chi connectivity index (χ4v) is 5.29. The van der Waals surface area contributed by atoms with Gasteiger partial charge in [-0.2, -0.15) is 5.10 Å². The van der Waals surface area contributed by atoms with Crippen molar-refractivity contribution >= 4 is 24.6 Å². The third kappa shape index (κ3) is 6.41. The lowest BCUT2D eigenvalue weighted by Gasteiger charge is -2.24. The summed E-state index contributed by atoms with van der Waals surface area (Å²) in [5, 5.41) is 16.0. The van der Waals surface area contributed by atoms with Gasteiger partial charge >= 0.3 is 13.7 Å². The summed E-state index contributed by atoms with van der Waals surface area (Å²) in [6.45, 7) is 2.15. The first kappa shape index (κ1) is 28.7. The summed E-state index contributed by atoms with van der Waals surface area (Å²) in [5.74, 6) is 0.580. The van der Waals surface area contributed by atoms with Gasteiger partial charge < -0.3 is 29.7 Å². The first-order chi connectivity index (χ1) is 19.6. The van der Waals surface area contributed by atoms with Crippen LogP contribution in [-0.4, -0.2) is 65.8 Å². The van der Waals surface area contributed by atoms with Crippen molar-refractivity contribution in [2.75, 3.05) is 19.8 Å². The molecule has 1 aromatic carbocycles. The summed E-state index contributed by atoms with van der Waals surface area (Å²) >= 11 is 0. The maximum absolute atomic E-state index is 11.9. The molecule has 216 valence electrons. The lowest BCUT2D eigenvalue weighted by Crippen LogP contribution is -2.30. The Bertz CT molecular complexity index is 1590. The van der Waals surface area contributed by atoms with Gasteiger partial charge in [0.25, 0.3) is 0 Å². The zero-order valence-electron chi connectivity index (χ0n) is 22.6. The summed E-state index contributed by atoms with van der Waals surface area (Å²) in [4.78, 5) is 39.2. The van der Waals surface area contributed by atoms with E-state index in [1.54, 1.807) is 12.4 Å². The topological polar surface area (TPSA) is 169 Å². The number of pyridine rings is 2. The number of carbonyl (C=O) groups excluding carboxylic acids is 1. The fraction of sp³-hybridized carbons (Fsp3) is 0.357. The van der Waals surface area contributed by atoms with Crippen LogP contribution >= 0.6 is 7.60 Å². The van der Waals surface area contributed by atoms with Crippen LogP contribution in [0.3, 0.4) is 0 Å². The smallest absolute Gasteiger partial charge is 0.407 e. The van der Waals surface area contributed by atoms with Gasteiger partial charge in [0.1, 0.15) is 24.7 Å². The van der Waals surface area contributed by atoms with Crippen LogP contribution in [0.25, 0.3) is 33.4 Å². The lowest BCUT2D eigenvalue weighted by molar-refractivity contribution is 0.0966. The summed E-state index contributed by atoms with van der Waals surface area (Å²) in [6.07, 6.45) is 4.85. The average Bonchev–Trinajstić information content (AvgIpc) is 3.55. The number of benzene rings is 1. The SMILES string of the molecule is CC(O)(CCCNC(=O)OCCOc1ccc2c(-c3c(-c4ccccn4)nn4c3CCC4)ccnc2c1)P(=O)(O)O. The van der Waals surface area contributed by atoms with Gasteiger partial charge in [-0.1, -0.05) is 6.07 Å². The standard InChI is InChI=1S/C28H32N5O7P/c1-28(35,41(36,37)38)11-5-13-31-27(34)40-17-16-39-19-8-9-20-21(10-14-30-23(20)18-19)25-24-7-4-15-33(24)32-26(25)22-6-2-3-12-29-22/h2-3,6,8-10,12,14,18,35H,4-5,7,11,13,15-17H2,1H3,(H,31,34)(H2,36,37,38). The Labute approximate surface area is 236 Å². The molecule has 0 aliphatic carbocycles. The molecule has 0 saturated carbocycles. The Kier molecular flexibility index (Phi) is 8.37. The highest BCUT2D eigenvalue weighted by Gasteiger charge is 2.39. The van der Waals surface area contributed by atoms with Gasteiger partial charge in [0, 0.05) is 48.2 Å². The number of rotatable bonds is 11. The molecule has 13 heteroatoms. The van der Waals surface area contributed by atoms with E-state index < -0.39 is 19.0 Å². The first-order valence-corrected chi connectivity index (χ1v) is 15.0. The largest absolute Gasteiger partial charge is 0.490 e. The molecule has 1 aliphatic heterocycles. The van der Waals surface area contributed by atoms with Crippen molar-refractivity contribution < 1.29 is 33.7 Å². The molecule has 0 radical (unpaired) electrons. The molecule has 1 unspecified atom stereocenters. The van der Waals surface area contributed by atoms with Crippen LogP contribution < -0.4 is 10.1 Å². The van der Waals surface area contributed by atoms with Crippen LogP contribution in [0.4, 0.5) is 4.79 Å². The summed E-state index contributed by atoms with van der Waals surface area (Å²) in [5.41, 5.74) is 5.75. The van der Waals surface area contributed by atoms with Gasteiger partial charge in [-0.25, -0.2) is 4.79 Å². The number of aromatic nitrogens is 4. The number of aliphatic hydroxyl groups is 1. The van der Waals surface area contributed by atoms with Gasteiger partial charge in [0.15, 0.2) is 5.34 Å². The molecule has 0 fully saturated rings. The molecule has 5 rings (SSSR count). The van der Waals surface area contributed by atoms with E-state index in [1.165, 1.54) is 5.69 Å². The third-order valence-electron chi connectivity index (χ3n) is 7.04. The highest BCUT2D eigenvalue weighted by molar-refractivity contribution is 7.53. The first-order valence-electron chi connectivity index (χ1n) is 13.4. The molecule has 12 nitrogen and oxygen atoms in total. The van der Waals surface area contributed by atoms with Crippen molar-refractivity contribution in [1.82, 2.24) is 25.1 Å². The molecule has 0 bridgehead atoms. The number of nitrogens with zero attached hydrogens (tertiary/aromatic N) is 4. The van der Waals surface area contributed by atoms with E-state index in [0.29, 0.717) is 5.75 Å². The van der Waals surface area contributed by atoms with Crippen molar-refractivity contribution in [3.8, 4) is 28.3 Å². The van der Waals surface area contributed by atoms with E-state index in [1.807, 2.05) is 42.5 Å². The number of ether oxygens (including phenoxy) is 2. The minimum atomic E-state index is -4.65. The van der Waals surface area contributed by atoms with Gasteiger partial charge in [-0.15, -0.1) is 0 Å². The Balaban J connectivity index is 1.20. The fourth-order valence-electron chi connectivity index (χ4n) is 4.84. The Morgan fingerprint density at radius 2 is 2.00 bits per heavy atom. The Morgan fingerprint density at radius 3 is 2.78 bits per heavy atom. The van der Waals surface area contributed by atoms with E-state index in [0.717, 1.165) is 59.7 Å². The molecule has 4 aromatic rings. The zero-order chi connectivity index (χ0) is 29.0. The molecule has 3 aromatic heterocycles. The second kappa shape index (κ2) is 12.0. The minimum Gasteiger partial charge on any atom is -0.490 e. The molecular weight excluding hydrogens is 549 g/mol. The Morgan fingerprint density at radius 1 is 1.15 bits per heavy atom. The van der Waals surface area contributed by atoms with Crippen LogP contribution in [0.2, 0.25) is 0 Å². The number of amides is 1. The van der Waals surface area contributed by atoms with Gasteiger partial charge in [-0.05, 0) is 68.5 Å². The molecule has 0 saturated heterocycles. The van der Waals surface area contributed by atoms with Crippen LogP contribution in [0, 0.1) is 0 Å². The lowest BCUT2D eigenvalue weighted by atomic mass is 9.96. The molecule has 0 spiro atoms. The second-order valence-electron chi connectivity index (χ2n) is 10.0. The predicted molar refractivity (Wildman–Crippen MR) is 151 cm³/mol. The van der Waals surface area contributed by atoms with Crippen molar-refractivity contribution in [3.63, 3.8) is 0 Å². The van der Waals surface area contributed by atoms with Gasteiger partial charge in [-0.3, -0.25) is 19.2 Å². The number of fused-ring (bicyclic) bond motifs is 2. The monoisotopic (exact) mass is 581 g/mol. The number of aryl methyl sites for hydroxylation is 1. The van der Waals surface area contributed by atoms with Crippen molar-refractivity contribution in [1.29, 1.82) is 0 Å². The Hall–Kier alpha value is -3.83. The number of alkyl carbamates (subject to hydrolysis) is 1. The molecule has 4 N–H and O–H groups in total. The summed E-state index contributed by atoms with van der Waals surface area (Å²) in [7, 11) is -4.65. The van der Waals surface area contributed by atoms with Crippen molar-refractivity contribution in [2.24, 2.45) is 0 Å². The number of nitrogens with one attached hydrogen (secondary N) is 1. The van der Waals surface area contributed by atoms with Gasteiger partial charge in [0.05, 0.1) is 11.2 Å². The minimum absolute atomic E-state index is 0.00643. The maximum atomic E-state index is 11.9. The van der Waals surface area contributed by atoms with Crippen LogP contribution in [0.5, 0.6) is 5.75 Å². The molecule has 4 heterocycles. The van der Waals surface area contributed by atoms with Crippen molar-refractivity contribution in [2.45, 2.75) is 44.5 Å². The van der Waals surface area contributed by atoms with E-state index in [2.05, 4.69) is 20.0 Å². The van der Waals surface area contributed by atoms with E-state index in [-0.39, 0.29) is 32.6 Å². The number of hydrogen-bond donors (Lipinski definition) is 4. The van der Waals surface area contributed by atoms with Crippen LogP contribution in [-0.2, 0) is 22.3 Å². The number of carbonyl (C=O) groups is 1. The quantitative estimate of drug-likeness (QED) is 0.151. The third-order valence-corrected chi connectivity index (χ3v) is 8.52. The van der Waals surface area contributed by atoms with E-state index in [9.17, 15) is 14.5 Å². The summed E-state index contributed by atoms with van der Waals surface area (Å²) in [6, 6.07) is 13.5. The predicted octanol–water partition coefficient (Wildman–Crippen LogP) is 3.88. The van der Waals surface area contributed by atoms with Gasteiger partial charge in [0.2, 0.25) is 0 Å². The highest BCUT2D eigenvalue weighted by atomic mass is 31.2. The van der Waals surface area contributed by atoms with Crippen LogP contribution in [0.1, 0.15) is 31.9 Å². The van der Waals surface area contributed by atoms with E-state index in [4.69, 9.17) is 24.4 Å². The highest BCUT2D eigenvalue weighted by Crippen LogP contribution is 2.50. The average molecular weight is 582 g/mol. The zero-order valence-corrected chi connectivity index (χ0v) is 23.5. The maximum Gasteiger partial charge on any atom is 0.407 e. The molecule has 1 amide bonds. The molecule has 1 atom stereocenters. The molecule has 1 aliphatic rings. The normalized spacial score (nSPS) is 14.4. The van der Waals surface area contributed by atoms with Crippen molar-refractivity contribution in [3.05, 3.63) is 60.6 Å². The molecule has 41 heavy (non-hydrogen) atoms. The van der Waals surface area contributed by atoms with Crippen LogP contribution in [0.15, 0.2) is 54.9 Å². The second-order valence-corrected chi connectivity index (χ2v) is 12.1. The molecular formula is C28H32N5O7P. The van der Waals surface area contributed by atoms with E-state index >= 15 is 0 Å². The number of hydrogen-bond acceptors (Lipinski definition) is 8. The summed E-state index contributed by atoms with van der Waals surface area (Å²) < 4.78 is 24.2.